The molecule has 0 aliphatic carbocycles. The Morgan fingerprint density at radius 2 is 1.62 bits per heavy atom. The van der Waals surface area contributed by atoms with E-state index in [1.165, 1.54) is 0 Å². The van der Waals surface area contributed by atoms with E-state index in [1.807, 2.05) is 82.3 Å². The molecule has 0 aliphatic rings. The highest BCUT2D eigenvalue weighted by atomic mass is 16.1. The smallest absolute Gasteiger partial charge is 0.255 e. The summed E-state index contributed by atoms with van der Waals surface area (Å²) in [6, 6.07) is 17.8. The van der Waals surface area contributed by atoms with E-state index in [2.05, 4.69) is 15.3 Å². The molecule has 1 aromatic heterocycles. The summed E-state index contributed by atoms with van der Waals surface area (Å²) in [5, 5.41) is 3.12. The maximum atomic E-state index is 13.1. The zero-order valence-electron chi connectivity index (χ0n) is 15.6. The Bertz CT molecular complexity index is 933. The van der Waals surface area contributed by atoms with Crippen LogP contribution in [0.1, 0.15) is 41.2 Å². The van der Waals surface area contributed by atoms with Gasteiger partial charge in [0.2, 0.25) is 0 Å². The van der Waals surface area contributed by atoms with Crippen LogP contribution in [0.3, 0.4) is 0 Å². The van der Waals surface area contributed by atoms with Gasteiger partial charge < -0.3 is 5.32 Å². The summed E-state index contributed by atoms with van der Waals surface area (Å²) >= 11 is 0. The van der Waals surface area contributed by atoms with Crippen molar-refractivity contribution in [1.82, 2.24) is 15.3 Å². The molecule has 132 valence electrons. The van der Waals surface area contributed by atoms with Gasteiger partial charge in [-0.15, -0.1) is 0 Å². The van der Waals surface area contributed by atoms with Crippen molar-refractivity contribution in [1.29, 1.82) is 0 Å². The van der Waals surface area contributed by atoms with E-state index >= 15 is 0 Å². The van der Waals surface area contributed by atoms with Gasteiger partial charge in [-0.05, 0) is 38.8 Å². The predicted octanol–water partition coefficient (Wildman–Crippen LogP) is 4.43. The number of aromatic nitrogens is 2. The average Bonchev–Trinajstić information content (AvgIpc) is 2.62. The van der Waals surface area contributed by atoms with Gasteiger partial charge in [-0.25, -0.2) is 9.97 Å². The van der Waals surface area contributed by atoms with Crippen LogP contribution in [0.25, 0.3) is 11.3 Å². The van der Waals surface area contributed by atoms with Crippen molar-refractivity contribution in [2.45, 2.75) is 33.2 Å². The highest BCUT2D eigenvalue weighted by Crippen LogP contribution is 2.26. The molecule has 0 radical (unpaired) electrons. The van der Waals surface area contributed by atoms with Crippen LogP contribution >= 0.6 is 0 Å². The van der Waals surface area contributed by atoms with Crippen LogP contribution in [0.5, 0.6) is 0 Å². The fraction of sp³-hybridized carbons (Fsp3) is 0.227. The second kappa shape index (κ2) is 7.08. The first-order valence-corrected chi connectivity index (χ1v) is 8.66. The van der Waals surface area contributed by atoms with Crippen LogP contribution in [0, 0.1) is 13.8 Å². The molecule has 0 spiro atoms. The van der Waals surface area contributed by atoms with E-state index in [1.54, 1.807) is 6.20 Å². The third kappa shape index (κ3) is 3.64. The zero-order chi connectivity index (χ0) is 18.7. The Labute approximate surface area is 154 Å². The molecular weight excluding hydrogens is 322 g/mol. The number of hydrogen-bond acceptors (Lipinski definition) is 3. The molecule has 0 saturated heterocycles. The maximum Gasteiger partial charge on any atom is 0.255 e. The first kappa shape index (κ1) is 17.8. The number of nitrogens with one attached hydrogen (secondary N) is 1. The molecule has 26 heavy (non-hydrogen) atoms. The second-order valence-electron chi connectivity index (χ2n) is 6.94. The van der Waals surface area contributed by atoms with Gasteiger partial charge in [-0.1, -0.05) is 54.6 Å². The highest BCUT2D eigenvalue weighted by molar-refractivity contribution is 6.00. The lowest BCUT2D eigenvalue weighted by Gasteiger charge is -2.27. The van der Waals surface area contributed by atoms with Crippen LogP contribution in [0.15, 0.2) is 60.8 Å². The minimum absolute atomic E-state index is 0.183. The summed E-state index contributed by atoms with van der Waals surface area (Å²) in [6.07, 6.45) is 1.61. The molecule has 1 amide bonds. The Hall–Kier alpha value is -3.01. The van der Waals surface area contributed by atoms with Crippen molar-refractivity contribution in [3.05, 3.63) is 83.3 Å². The number of carbonyl (C=O) groups is 1. The Balaban J connectivity index is 1.99. The third-order valence-corrected chi connectivity index (χ3v) is 4.48. The van der Waals surface area contributed by atoms with Gasteiger partial charge in [-0.3, -0.25) is 4.79 Å². The third-order valence-electron chi connectivity index (χ3n) is 4.48. The first-order chi connectivity index (χ1) is 12.4. The van der Waals surface area contributed by atoms with Gasteiger partial charge in [0.15, 0.2) is 0 Å². The lowest BCUT2D eigenvalue weighted by atomic mass is 9.93. The van der Waals surface area contributed by atoms with Gasteiger partial charge in [-0.2, -0.15) is 0 Å². The van der Waals surface area contributed by atoms with Crippen LogP contribution in [-0.4, -0.2) is 15.9 Å². The number of nitrogens with zero attached hydrogens (tertiary/aromatic N) is 2. The number of amides is 1. The zero-order valence-corrected chi connectivity index (χ0v) is 15.6. The topological polar surface area (TPSA) is 54.9 Å². The minimum atomic E-state index is -0.508. The number of benzene rings is 2. The SMILES string of the molecule is Cc1ncc(C(=O)NC(C)(C)c2ccccc2)c(-c2ccccc2C)n1. The summed E-state index contributed by atoms with van der Waals surface area (Å²) in [4.78, 5) is 21.9. The molecule has 0 fully saturated rings. The normalized spacial score (nSPS) is 11.2. The van der Waals surface area contributed by atoms with Crippen molar-refractivity contribution in [3.8, 4) is 11.3 Å². The molecular formula is C22H23N3O. The molecule has 4 heteroatoms. The summed E-state index contributed by atoms with van der Waals surface area (Å²) in [6.45, 7) is 7.82. The van der Waals surface area contributed by atoms with E-state index < -0.39 is 5.54 Å². The monoisotopic (exact) mass is 345 g/mol. The Morgan fingerprint density at radius 3 is 2.31 bits per heavy atom. The fourth-order valence-corrected chi connectivity index (χ4v) is 2.96. The summed E-state index contributed by atoms with van der Waals surface area (Å²) in [5.41, 5.74) is 3.69. The molecule has 1 N–H and O–H groups in total. The Kier molecular flexibility index (Phi) is 4.85. The summed E-state index contributed by atoms with van der Waals surface area (Å²) in [7, 11) is 0. The Morgan fingerprint density at radius 1 is 0.962 bits per heavy atom. The van der Waals surface area contributed by atoms with Crippen molar-refractivity contribution in [3.63, 3.8) is 0 Å². The van der Waals surface area contributed by atoms with Crippen LogP contribution in [0.4, 0.5) is 0 Å². The molecule has 3 aromatic rings. The van der Waals surface area contributed by atoms with E-state index in [0.717, 1.165) is 16.7 Å². The molecule has 0 unspecified atom stereocenters. The van der Waals surface area contributed by atoms with Crippen molar-refractivity contribution in [2.75, 3.05) is 0 Å². The van der Waals surface area contributed by atoms with Crippen LogP contribution in [-0.2, 0) is 5.54 Å². The van der Waals surface area contributed by atoms with Crippen molar-refractivity contribution in [2.24, 2.45) is 0 Å². The average molecular weight is 345 g/mol. The van der Waals surface area contributed by atoms with E-state index in [4.69, 9.17) is 0 Å². The fourth-order valence-electron chi connectivity index (χ4n) is 2.96. The van der Waals surface area contributed by atoms with Crippen molar-refractivity contribution >= 4 is 5.91 Å². The molecule has 4 nitrogen and oxygen atoms in total. The second-order valence-corrected chi connectivity index (χ2v) is 6.94. The van der Waals surface area contributed by atoms with Crippen LogP contribution in [0.2, 0.25) is 0 Å². The largest absolute Gasteiger partial charge is 0.343 e. The van der Waals surface area contributed by atoms with E-state index in [9.17, 15) is 4.79 Å². The predicted molar refractivity (Wildman–Crippen MR) is 104 cm³/mol. The minimum Gasteiger partial charge on any atom is -0.343 e. The lowest BCUT2D eigenvalue weighted by Crippen LogP contribution is -2.41. The van der Waals surface area contributed by atoms with Gasteiger partial charge in [0, 0.05) is 11.8 Å². The van der Waals surface area contributed by atoms with Gasteiger partial charge in [0.25, 0.3) is 5.91 Å². The molecule has 0 saturated carbocycles. The van der Waals surface area contributed by atoms with Crippen LogP contribution < -0.4 is 5.32 Å². The summed E-state index contributed by atoms with van der Waals surface area (Å²) in [5.74, 6) is 0.458. The highest BCUT2D eigenvalue weighted by Gasteiger charge is 2.25. The number of hydrogen-bond donors (Lipinski definition) is 1. The molecule has 2 aromatic carbocycles. The standard InChI is InChI=1S/C22H23N3O/c1-15-10-8-9-13-18(15)20-19(14-23-16(2)24-20)21(26)25-22(3,4)17-11-6-5-7-12-17/h5-14H,1-4H3,(H,25,26). The molecule has 0 aliphatic heterocycles. The van der Waals surface area contributed by atoms with Gasteiger partial charge in [0.05, 0.1) is 16.8 Å². The quantitative estimate of drug-likeness (QED) is 0.761. The van der Waals surface area contributed by atoms with Gasteiger partial charge in [0.1, 0.15) is 5.82 Å². The van der Waals surface area contributed by atoms with E-state index in [-0.39, 0.29) is 5.91 Å². The van der Waals surface area contributed by atoms with Crippen molar-refractivity contribution < 1.29 is 4.79 Å². The van der Waals surface area contributed by atoms with Gasteiger partial charge >= 0.3 is 0 Å². The number of carbonyl (C=O) groups excluding carboxylic acids is 1. The summed E-state index contributed by atoms with van der Waals surface area (Å²) < 4.78 is 0. The molecule has 1 heterocycles. The lowest BCUT2D eigenvalue weighted by molar-refractivity contribution is 0.0912. The molecule has 3 rings (SSSR count). The number of aryl methyl sites for hydroxylation is 2. The maximum absolute atomic E-state index is 13.1. The molecule has 0 atom stereocenters. The molecule has 0 bridgehead atoms. The first-order valence-electron chi connectivity index (χ1n) is 8.66. The van der Waals surface area contributed by atoms with E-state index in [0.29, 0.717) is 17.1 Å². The number of rotatable bonds is 4.